The minimum atomic E-state index is -2.00. The van der Waals surface area contributed by atoms with Crippen LogP contribution in [0.2, 0.25) is 14.8 Å². The first kappa shape index (κ1) is 17.5. The molecule has 0 fully saturated rings. The van der Waals surface area contributed by atoms with E-state index in [9.17, 15) is 0 Å². The molecule has 0 N–H and O–H groups in total. The van der Waals surface area contributed by atoms with Crippen molar-refractivity contribution < 1.29 is 0 Å². The van der Waals surface area contributed by atoms with Crippen molar-refractivity contribution in [1.29, 1.82) is 10.5 Å². The van der Waals surface area contributed by atoms with Crippen LogP contribution in [0.25, 0.3) is 0 Å². The molecule has 0 unspecified atom stereocenters. The Hall–Kier alpha value is -1.58. The van der Waals surface area contributed by atoms with Gasteiger partial charge in [-0.3, -0.25) is 0 Å². The molecule has 0 bridgehead atoms. The summed E-state index contributed by atoms with van der Waals surface area (Å²) < 4.78 is 2.03. The molecule has 6 nitrogen and oxygen atoms in total. The van der Waals surface area contributed by atoms with Gasteiger partial charge in [0, 0.05) is 12.4 Å². The molecular formula is C13H13BrN6Sn. The Balaban J connectivity index is 0.000000219. The second kappa shape index (κ2) is 8.01. The van der Waals surface area contributed by atoms with Crippen LogP contribution < -0.4 is 3.58 Å². The van der Waals surface area contributed by atoms with E-state index >= 15 is 0 Å². The second-order valence-electron chi connectivity index (χ2n) is 4.99. The van der Waals surface area contributed by atoms with Crippen molar-refractivity contribution in [1.82, 2.24) is 19.9 Å². The predicted octanol–water partition coefficient (Wildman–Crippen LogP) is 2.00. The van der Waals surface area contributed by atoms with Crippen LogP contribution in [0.1, 0.15) is 11.6 Å². The van der Waals surface area contributed by atoms with Crippen molar-refractivity contribution in [2.24, 2.45) is 0 Å². The number of nitrogens with zero attached hydrogens (tertiary/aromatic N) is 6. The van der Waals surface area contributed by atoms with Gasteiger partial charge in [-0.05, 0) is 15.9 Å². The zero-order valence-corrected chi connectivity index (χ0v) is 16.3. The molecule has 106 valence electrons. The molecule has 0 atom stereocenters. The summed E-state index contributed by atoms with van der Waals surface area (Å²) in [7, 11) is 0. The Morgan fingerprint density at radius 2 is 1.24 bits per heavy atom. The summed E-state index contributed by atoms with van der Waals surface area (Å²) in [6.45, 7) is 0. The van der Waals surface area contributed by atoms with Gasteiger partial charge in [-0.1, -0.05) is 0 Å². The van der Waals surface area contributed by atoms with Gasteiger partial charge >= 0.3 is 76.3 Å². The molecule has 0 aliphatic rings. The summed E-state index contributed by atoms with van der Waals surface area (Å²) >= 11 is 1.14. The number of rotatable bonds is 1. The fourth-order valence-corrected chi connectivity index (χ4v) is 3.93. The summed E-state index contributed by atoms with van der Waals surface area (Å²) in [5.41, 5.74) is 0. The molecule has 2 rings (SSSR count). The zero-order chi connectivity index (χ0) is 15.9. The van der Waals surface area contributed by atoms with Gasteiger partial charge in [0.05, 0.1) is 4.47 Å². The minimum absolute atomic E-state index is 0.193. The van der Waals surface area contributed by atoms with Gasteiger partial charge in [0.2, 0.25) is 5.82 Å². The van der Waals surface area contributed by atoms with Gasteiger partial charge in [-0.15, -0.1) is 0 Å². The van der Waals surface area contributed by atoms with Crippen molar-refractivity contribution in [3.8, 4) is 12.1 Å². The van der Waals surface area contributed by atoms with E-state index in [4.69, 9.17) is 10.5 Å². The molecule has 21 heavy (non-hydrogen) atoms. The van der Waals surface area contributed by atoms with E-state index in [1.54, 1.807) is 12.4 Å². The maximum atomic E-state index is 8.47. The molecule has 0 aliphatic carbocycles. The fourth-order valence-electron chi connectivity index (χ4n) is 1.14. The molecule has 0 amide bonds. The first-order chi connectivity index (χ1) is 9.86. The predicted molar refractivity (Wildman–Crippen MR) is 84.2 cm³/mol. The number of aromatic nitrogens is 4. The topological polar surface area (TPSA) is 99.1 Å². The van der Waals surface area contributed by atoms with Crippen LogP contribution in [0.5, 0.6) is 0 Å². The van der Waals surface area contributed by atoms with E-state index in [-0.39, 0.29) is 11.6 Å². The molecule has 2 heterocycles. The number of halogens is 1. The Morgan fingerprint density at radius 3 is 1.57 bits per heavy atom. The second-order valence-corrected chi connectivity index (χ2v) is 20.4. The summed E-state index contributed by atoms with van der Waals surface area (Å²) in [4.78, 5) is 22.1. The van der Waals surface area contributed by atoms with Gasteiger partial charge in [0.25, 0.3) is 0 Å². The Morgan fingerprint density at radius 1 is 0.857 bits per heavy atom. The number of hydrogen-bond donors (Lipinski definition) is 0. The van der Waals surface area contributed by atoms with Crippen molar-refractivity contribution in [3.63, 3.8) is 0 Å². The van der Waals surface area contributed by atoms with Gasteiger partial charge in [-0.2, -0.15) is 5.26 Å². The first-order valence-corrected chi connectivity index (χ1v) is 16.8. The van der Waals surface area contributed by atoms with Gasteiger partial charge < -0.3 is 0 Å². The Kier molecular flexibility index (Phi) is 6.66. The fraction of sp³-hybridized carbons (Fsp3) is 0.231. The average Bonchev–Trinajstić information content (AvgIpc) is 2.48. The maximum absolute atomic E-state index is 8.47. The van der Waals surface area contributed by atoms with Crippen LogP contribution in [0, 0.1) is 22.7 Å². The van der Waals surface area contributed by atoms with Crippen LogP contribution >= 0.6 is 15.9 Å². The van der Waals surface area contributed by atoms with Gasteiger partial charge in [0.15, 0.2) is 0 Å². The molecular weight excluding hydrogens is 439 g/mol. The van der Waals surface area contributed by atoms with E-state index in [1.807, 2.05) is 12.1 Å². The van der Waals surface area contributed by atoms with E-state index in [0.29, 0.717) is 0 Å². The normalized spacial score (nSPS) is 9.81. The van der Waals surface area contributed by atoms with Crippen LogP contribution in [-0.2, 0) is 0 Å². The third-order valence-corrected chi connectivity index (χ3v) is 8.43. The third kappa shape index (κ3) is 6.15. The number of nitriles is 2. The standard InChI is InChI=1S/C5H2BrN3.C5H2N3.3CH3.Sn/c6-4-2-8-5(1-7)9-3-4;6-4-5-7-2-1-3-8-5;;;;/h2-3H;2-3H;3*1H3;. The SMILES string of the molecule is N#Cc1ncc(Br)cn1.[CH3][Sn]([CH3])([CH3])[c]1cnc(C#N)nc1. The summed E-state index contributed by atoms with van der Waals surface area (Å²) in [6.07, 6.45) is 6.65. The monoisotopic (exact) mass is 452 g/mol. The van der Waals surface area contributed by atoms with Crippen molar-refractivity contribution >= 4 is 37.9 Å². The first-order valence-electron chi connectivity index (χ1n) is 5.97. The molecule has 2 aromatic heterocycles. The summed E-state index contributed by atoms with van der Waals surface area (Å²) in [5, 5.41) is 16.7. The van der Waals surface area contributed by atoms with Gasteiger partial charge in [0.1, 0.15) is 6.07 Å². The van der Waals surface area contributed by atoms with Crippen molar-refractivity contribution in [3.05, 3.63) is 40.9 Å². The Labute approximate surface area is 135 Å². The number of hydrogen-bond acceptors (Lipinski definition) is 6. The summed E-state index contributed by atoms with van der Waals surface area (Å²) in [5.74, 6) is 0.451. The zero-order valence-electron chi connectivity index (χ0n) is 11.9. The molecule has 2 aromatic rings. The van der Waals surface area contributed by atoms with Crippen LogP contribution in [-0.4, -0.2) is 38.3 Å². The third-order valence-electron chi connectivity index (χ3n) is 2.34. The van der Waals surface area contributed by atoms with Crippen LogP contribution in [0.15, 0.2) is 29.3 Å². The van der Waals surface area contributed by atoms with E-state index < -0.39 is 18.4 Å². The molecule has 0 saturated heterocycles. The van der Waals surface area contributed by atoms with Crippen molar-refractivity contribution in [2.75, 3.05) is 0 Å². The molecule has 0 aromatic carbocycles. The van der Waals surface area contributed by atoms with Crippen molar-refractivity contribution in [2.45, 2.75) is 14.8 Å². The molecule has 0 spiro atoms. The van der Waals surface area contributed by atoms with Crippen LogP contribution in [0.3, 0.4) is 0 Å². The van der Waals surface area contributed by atoms with E-state index in [2.05, 4.69) is 50.7 Å². The molecule has 8 heteroatoms. The van der Waals surface area contributed by atoms with Gasteiger partial charge in [-0.25, -0.2) is 9.97 Å². The Bertz CT molecular complexity index is 664. The molecule has 0 aliphatic heterocycles. The van der Waals surface area contributed by atoms with E-state index in [0.717, 1.165) is 4.47 Å². The molecule has 0 radical (unpaired) electrons. The van der Waals surface area contributed by atoms with E-state index in [1.165, 1.54) is 16.0 Å². The average molecular weight is 452 g/mol. The molecule has 0 saturated carbocycles. The summed E-state index contributed by atoms with van der Waals surface area (Å²) in [6, 6.07) is 3.72. The van der Waals surface area contributed by atoms with Crippen LogP contribution in [0.4, 0.5) is 0 Å². The quantitative estimate of drug-likeness (QED) is 0.615.